The lowest BCUT2D eigenvalue weighted by Gasteiger charge is -2.06. The molecule has 0 atom stereocenters. The van der Waals surface area contributed by atoms with Gasteiger partial charge in [0.05, 0.1) is 16.2 Å². The predicted octanol–water partition coefficient (Wildman–Crippen LogP) is 3.66. The van der Waals surface area contributed by atoms with Crippen LogP contribution in [0.2, 0.25) is 5.02 Å². The molecule has 0 aliphatic carbocycles. The van der Waals surface area contributed by atoms with Gasteiger partial charge in [-0.05, 0) is 25.1 Å². The van der Waals surface area contributed by atoms with E-state index in [0.29, 0.717) is 5.02 Å². The Bertz CT molecular complexity index is 705. The summed E-state index contributed by atoms with van der Waals surface area (Å²) in [6.07, 6.45) is 1.63. The third-order valence-corrected chi connectivity index (χ3v) is 3.02. The molecule has 0 radical (unpaired) electrons. The zero-order valence-electron chi connectivity index (χ0n) is 9.74. The number of H-pyrrole nitrogens is 1. The normalized spacial score (nSPS) is 10.8. The van der Waals surface area contributed by atoms with Crippen molar-refractivity contribution in [1.29, 1.82) is 0 Å². The number of hydrogen-bond acceptors (Lipinski definition) is 3. The Morgan fingerprint density at radius 1 is 1.28 bits per heavy atom. The van der Waals surface area contributed by atoms with E-state index in [9.17, 15) is 0 Å². The second-order valence-electron chi connectivity index (χ2n) is 4.05. The first-order chi connectivity index (χ1) is 8.74. The summed E-state index contributed by atoms with van der Waals surface area (Å²) in [4.78, 5) is 4.13. The molecular weight excluding hydrogens is 248 g/mol. The summed E-state index contributed by atoms with van der Waals surface area (Å²) in [7, 11) is 0. The number of aromatic nitrogens is 3. The fourth-order valence-corrected chi connectivity index (χ4v) is 1.98. The van der Waals surface area contributed by atoms with Gasteiger partial charge in [0.15, 0.2) is 5.82 Å². The number of pyridine rings is 1. The van der Waals surface area contributed by atoms with Crippen molar-refractivity contribution in [3.8, 4) is 0 Å². The molecule has 0 bridgehead atoms. The van der Waals surface area contributed by atoms with Crippen LogP contribution in [-0.2, 0) is 0 Å². The molecule has 0 unspecified atom stereocenters. The van der Waals surface area contributed by atoms with Gasteiger partial charge in [-0.25, -0.2) is 0 Å². The number of nitrogens with one attached hydrogen (secondary N) is 2. The van der Waals surface area contributed by atoms with Gasteiger partial charge in [-0.2, -0.15) is 5.10 Å². The van der Waals surface area contributed by atoms with Gasteiger partial charge in [-0.1, -0.05) is 23.7 Å². The third kappa shape index (κ3) is 1.91. The van der Waals surface area contributed by atoms with Gasteiger partial charge < -0.3 is 5.32 Å². The summed E-state index contributed by atoms with van der Waals surface area (Å²) >= 11 is 6.10. The lowest BCUT2D eigenvalue weighted by molar-refractivity contribution is 1.12. The number of benzene rings is 1. The number of anilines is 2. The van der Waals surface area contributed by atoms with Gasteiger partial charge in [-0.15, -0.1) is 0 Å². The van der Waals surface area contributed by atoms with Crippen LogP contribution in [0.5, 0.6) is 0 Å². The molecule has 90 valence electrons. The highest BCUT2D eigenvalue weighted by molar-refractivity contribution is 6.33. The van der Waals surface area contributed by atoms with Crippen molar-refractivity contribution in [3.05, 3.63) is 47.2 Å². The van der Waals surface area contributed by atoms with Crippen LogP contribution in [-0.4, -0.2) is 15.2 Å². The molecule has 1 aromatic carbocycles. The molecule has 5 heteroatoms. The molecular formula is C13H11ClN4. The lowest BCUT2D eigenvalue weighted by atomic mass is 10.2. The monoisotopic (exact) mass is 258 g/mol. The molecule has 0 aliphatic rings. The Hall–Kier alpha value is -2.07. The quantitative estimate of drug-likeness (QED) is 0.737. The number of aromatic amines is 1. The van der Waals surface area contributed by atoms with Crippen LogP contribution in [0.15, 0.2) is 36.5 Å². The summed E-state index contributed by atoms with van der Waals surface area (Å²) in [5.74, 6) is 0.762. The predicted molar refractivity (Wildman–Crippen MR) is 73.4 cm³/mol. The zero-order chi connectivity index (χ0) is 12.5. The molecule has 2 N–H and O–H groups in total. The van der Waals surface area contributed by atoms with Crippen molar-refractivity contribution in [2.75, 3.05) is 5.32 Å². The molecule has 0 fully saturated rings. The Kier molecular flexibility index (Phi) is 2.64. The number of para-hydroxylation sites is 1. The minimum atomic E-state index is 0.577. The van der Waals surface area contributed by atoms with E-state index in [0.717, 1.165) is 28.1 Å². The Morgan fingerprint density at radius 3 is 3.00 bits per heavy atom. The van der Waals surface area contributed by atoms with Crippen LogP contribution in [0.4, 0.5) is 11.5 Å². The highest BCUT2D eigenvalue weighted by Gasteiger charge is 2.07. The van der Waals surface area contributed by atoms with Gasteiger partial charge >= 0.3 is 0 Å². The lowest BCUT2D eigenvalue weighted by Crippen LogP contribution is -1.94. The maximum Gasteiger partial charge on any atom is 0.160 e. The summed E-state index contributed by atoms with van der Waals surface area (Å²) in [6.45, 7) is 1.92. The van der Waals surface area contributed by atoms with Crippen molar-refractivity contribution < 1.29 is 0 Å². The summed E-state index contributed by atoms with van der Waals surface area (Å²) in [5.41, 5.74) is 2.70. The first kappa shape index (κ1) is 11.0. The Labute approximate surface area is 109 Å². The number of rotatable bonds is 2. The number of hydrogen-bond donors (Lipinski definition) is 2. The maximum absolute atomic E-state index is 6.10. The van der Waals surface area contributed by atoms with E-state index in [2.05, 4.69) is 20.5 Å². The second-order valence-corrected chi connectivity index (χ2v) is 4.46. The number of aryl methyl sites for hydroxylation is 1. The van der Waals surface area contributed by atoms with E-state index < -0.39 is 0 Å². The van der Waals surface area contributed by atoms with Crippen molar-refractivity contribution in [2.45, 2.75) is 6.92 Å². The third-order valence-electron chi connectivity index (χ3n) is 2.72. The highest BCUT2D eigenvalue weighted by Crippen LogP contribution is 2.28. The van der Waals surface area contributed by atoms with Crippen LogP contribution >= 0.6 is 11.6 Å². The van der Waals surface area contributed by atoms with Crippen LogP contribution in [0.3, 0.4) is 0 Å². The second kappa shape index (κ2) is 4.31. The fourth-order valence-electron chi connectivity index (χ4n) is 1.83. The average molecular weight is 259 g/mol. The maximum atomic E-state index is 6.10. The molecule has 3 rings (SSSR count). The van der Waals surface area contributed by atoms with Gasteiger partial charge in [0, 0.05) is 17.3 Å². The fraction of sp³-hybridized carbons (Fsp3) is 0.0769. The number of halogens is 1. The van der Waals surface area contributed by atoms with E-state index >= 15 is 0 Å². The molecule has 0 saturated carbocycles. The SMILES string of the molecule is Cc1cc(Nc2n[nH]c3ccccc23)c(Cl)cn1. The van der Waals surface area contributed by atoms with Gasteiger partial charge in [0.25, 0.3) is 0 Å². The summed E-state index contributed by atoms with van der Waals surface area (Å²) < 4.78 is 0. The Balaban J connectivity index is 2.04. The molecule has 0 spiro atoms. The van der Waals surface area contributed by atoms with E-state index in [1.54, 1.807) is 6.20 Å². The van der Waals surface area contributed by atoms with E-state index in [-0.39, 0.29) is 0 Å². The zero-order valence-corrected chi connectivity index (χ0v) is 10.5. The van der Waals surface area contributed by atoms with E-state index in [1.165, 1.54) is 0 Å². The van der Waals surface area contributed by atoms with Crippen LogP contribution < -0.4 is 5.32 Å². The molecule has 18 heavy (non-hydrogen) atoms. The van der Waals surface area contributed by atoms with Crippen molar-refractivity contribution >= 4 is 34.0 Å². The number of nitrogens with zero attached hydrogens (tertiary/aromatic N) is 2. The molecule has 2 aromatic heterocycles. The smallest absolute Gasteiger partial charge is 0.160 e. The Morgan fingerprint density at radius 2 is 2.11 bits per heavy atom. The van der Waals surface area contributed by atoms with E-state index in [1.807, 2.05) is 37.3 Å². The van der Waals surface area contributed by atoms with Gasteiger partial charge in [0.1, 0.15) is 0 Å². The molecule has 2 heterocycles. The van der Waals surface area contributed by atoms with Gasteiger partial charge in [-0.3, -0.25) is 10.1 Å². The van der Waals surface area contributed by atoms with Crippen LogP contribution in [0.25, 0.3) is 10.9 Å². The van der Waals surface area contributed by atoms with Crippen molar-refractivity contribution in [3.63, 3.8) is 0 Å². The first-order valence-electron chi connectivity index (χ1n) is 5.56. The molecule has 0 amide bonds. The van der Waals surface area contributed by atoms with Crippen LogP contribution in [0.1, 0.15) is 5.69 Å². The molecule has 4 nitrogen and oxygen atoms in total. The molecule has 0 aliphatic heterocycles. The molecule has 0 saturated heterocycles. The highest BCUT2D eigenvalue weighted by atomic mass is 35.5. The molecule has 3 aromatic rings. The standard InChI is InChI=1S/C13H11ClN4/c1-8-6-12(10(14)7-15-8)16-13-9-4-2-3-5-11(9)17-18-13/h2-7H,1H3,(H2,15,16,17,18). The largest absolute Gasteiger partial charge is 0.337 e. The minimum Gasteiger partial charge on any atom is -0.337 e. The average Bonchev–Trinajstić information content (AvgIpc) is 2.78. The summed E-state index contributed by atoms with van der Waals surface area (Å²) in [5, 5.41) is 12.0. The topological polar surface area (TPSA) is 53.6 Å². The minimum absolute atomic E-state index is 0.577. The number of fused-ring (bicyclic) bond motifs is 1. The van der Waals surface area contributed by atoms with Gasteiger partial charge in [0.2, 0.25) is 0 Å². The van der Waals surface area contributed by atoms with E-state index in [4.69, 9.17) is 11.6 Å². The first-order valence-corrected chi connectivity index (χ1v) is 5.94. The van der Waals surface area contributed by atoms with Crippen LogP contribution in [0, 0.1) is 6.92 Å². The summed E-state index contributed by atoms with van der Waals surface area (Å²) in [6, 6.07) is 9.82. The van der Waals surface area contributed by atoms with Crippen molar-refractivity contribution in [1.82, 2.24) is 15.2 Å². The van der Waals surface area contributed by atoms with Crippen molar-refractivity contribution in [2.24, 2.45) is 0 Å².